The number of carbonyl (C=O) groups is 2. The van der Waals surface area contributed by atoms with Gasteiger partial charge in [-0.05, 0) is 5.92 Å². The Bertz CT molecular complexity index is 414. The molecule has 0 aromatic carbocycles. The van der Waals surface area contributed by atoms with Crippen molar-refractivity contribution in [1.29, 1.82) is 0 Å². The fourth-order valence-electron chi connectivity index (χ4n) is 2.05. The molecule has 0 aliphatic carbocycles. The molecule has 6 heteroatoms. The van der Waals surface area contributed by atoms with Crippen LogP contribution in [-0.4, -0.2) is 41.0 Å². The van der Waals surface area contributed by atoms with Gasteiger partial charge in [0.25, 0.3) is 5.91 Å². The lowest BCUT2D eigenvalue weighted by Gasteiger charge is -2.36. The average Bonchev–Trinajstić information content (AvgIpc) is 2.80. The molecule has 1 aromatic rings. The molecule has 1 unspecified atom stereocenters. The molecule has 1 atom stereocenters. The highest BCUT2D eigenvalue weighted by atomic mass is 16.5. The summed E-state index contributed by atoms with van der Waals surface area (Å²) in [5, 5.41) is 6.38. The van der Waals surface area contributed by atoms with Crippen LogP contribution in [0.25, 0.3) is 0 Å². The molecule has 1 N–H and O–H groups in total. The molecule has 2 rings (SSSR count). The zero-order chi connectivity index (χ0) is 12.4. The number of nitrogens with one attached hydrogen (secondary N) is 1. The molecule has 1 aliphatic rings. The van der Waals surface area contributed by atoms with Gasteiger partial charge in [-0.2, -0.15) is 0 Å². The Balaban J connectivity index is 2.23. The lowest BCUT2D eigenvalue weighted by Crippen LogP contribution is -2.59. The van der Waals surface area contributed by atoms with Crippen molar-refractivity contribution in [3.63, 3.8) is 0 Å². The van der Waals surface area contributed by atoms with Crippen molar-refractivity contribution in [3.8, 4) is 0 Å². The third-order valence-corrected chi connectivity index (χ3v) is 2.81. The monoisotopic (exact) mass is 237 g/mol. The van der Waals surface area contributed by atoms with Crippen LogP contribution >= 0.6 is 0 Å². The molecule has 1 aromatic heterocycles. The van der Waals surface area contributed by atoms with E-state index in [1.807, 2.05) is 13.8 Å². The van der Waals surface area contributed by atoms with Crippen LogP contribution in [0.2, 0.25) is 0 Å². The van der Waals surface area contributed by atoms with E-state index in [2.05, 4.69) is 15.0 Å². The van der Waals surface area contributed by atoms with E-state index >= 15 is 0 Å². The lowest BCUT2D eigenvalue weighted by atomic mass is 9.99. The first-order valence-electron chi connectivity index (χ1n) is 5.60. The van der Waals surface area contributed by atoms with E-state index in [-0.39, 0.29) is 23.4 Å². The number of aromatic nitrogens is 1. The van der Waals surface area contributed by atoms with E-state index in [1.165, 1.54) is 12.3 Å². The summed E-state index contributed by atoms with van der Waals surface area (Å²) in [6.07, 6.45) is 1.35. The van der Waals surface area contributed by atoms with Gasteiger partial charge in [-0.15, -0.1) is 0 Å². The largest absolute Gasteiger partial charge is 0.364 e. The molecule has 2 heterocycles. The predicted molar refractivity (Wildman–Crippen MR) is 59.2 cm³/mol. The highest BCUT2D eigenvalue weighted by Crippen LogP contribution is 2.16. The maximum absolute atomic E-state index is 12.1. The van der Waals surface area contributed by atoms with Crippen molar-refractivity contribution in [2.75, 3.05) is 13.1 Å². The topological polar surface area (TPSA) is 75.4 Å². The first kappa shape index (κ1) is 11.6. The van der Waals surface area contributed by atoms with Crippen molar-refractivity contribution in [1.82, 2.24) is 15.4 Å². The van der Waals surface area contributed by atoms with Gasteiger partial charge in [0.05, 0.1) is 0 Å². The summed E-state index contributed by atoms with van der Waals surface area (Å²) >= 11 is 0. The van der Waals surface area contributed by atoms with Gasteiger partial charge in [0, 0.05) is 19.2 Å². The van der Waals surface area contributed by atoms with E-state index in [1.54, 1.807) is 4.90 Å². The standard InChI is InChI=1S/C11H15N3O3/c1-7(2)9-10(15)12-4-5-14(9)11(16)8-3-6-17-13-8/h3,6-7,9H,4-5H2,1-2H3,(H,12,15). The van der Waals surface area contributed by atoms with Crippen molar-refractivity contribution in [2.45, 2.75) is 19.9 Å². The maximum Gasteiger partial charge on any atom is 0.276 e. The summed E-state index contributed by atoms with van der Waals surface area (Å²) in [4.78, 5) is 25.5. The second kappa shape index (κ2) is 4.57. The Morgan fingerprint density at radius 2 is 2.41 bits per heavy atom. The second-order valence-corrected chi connectivity index (χ2v) is 4.36. The molecule has 2 amide bonds. The maximum atomic E-state index is 12.1. The van der Waals surface area contributed by atoms with Crippen LogP contribution in [0.3, 0.4) is 0 Å². The Kier molecular flexibility index (Phi) is 3.12. The van der Waals surface area contributed by atoms with Crippen molar-refractivity contribution < 1.29 is 14.1 Å². The van der Waals surface area contributed by atoms with Gasteiger partial charge in [-0.25, -0.2) is 0 Å². The predicted octanol–water partition coefficient (Wildman–Crippen LogP) is 0.271. The third-order valence-electron chi connectivity index (χ3n) is 2.81. The van der Waals surface area contributed by atoms with E-state index in [4.69, 9.17) is 0 Å². The minimum absolute atomic E-state index is 0.0613. The number of hydrogen-bond donors (Lipinski definition) is 1. The SMILES string of the molecule is CC(C)C1C(=O)NCCN1C(=O)c1ccon1. The Morgan fingerprint density at radius 1 is 1.65 bits per heavy atom. The summed E-state index contributed by atoms with van der Waals surface area (Å²) in [5.41, 5.74) is 0.241. The highest BCUT2D eigenvalue weighted by molar-refractivity contribution is 5.96. The number of hydrogen-bond acceptors (Lipinski definition) is 4. The van der Waals surface area contributed by atoms with E-state index in [0.29, 0.717) is 13.1 Å². The fraction of sp³-hybridized carbons (Fsp3) is 0.545. The third kappa shape index (κ3) is 2.15. The summed E-state index contributed by atoms with van der Waals surface area (Å²) < 4.78 is 4.65. The van der Waals surface area contributed by atoms with Crippen molar-refractivity contribution >= 4 is 11.8 Å². The Labute approximate surface area is 98.9 Å². The molecular formula is C11H15N3O3. The lowest BCUT2D eigenvalue weighted by molar-refractivity contribution is -0.129. The van der Waals surface area contributed by atoms with Gasteiger partial charge in [0.1, 0.15) is 12.3 Å². The van der Waals surface area contributed by atoms with Crippen LogP contribution in [0.5, 0.6) is 0 Å². The average molecular weight is 237 g/mol. The van der Waals surface area contributed by atoms with Crippen LogP contribution in [0.1, 0.15) is 24.3 Å². The second-order valence-electron chi connectivity index (χ2n) is 4.36. The molecule has 0 radical (unpaired) electrons. The summed E-state index contributed by atoms with van der Waals surface area (Å²) in [5.74, 6) is -0.304. The van der Waals surface area contributed by atoms with Gasteiger partial charge in [0.2, 0.25) is 5.91 Å². The van der Waals surface area contributed by atoms with Crippen LogP contribution in [0.15, 0.2) is 16.9 Å². The van der Waals surface area contributed by atoms with E-state index in [0.717, 1.165) is 0 Å². The van der Waals surface area contributed by atoms with Crippen LogP contribution < -0.4 is 5.32 Å². The molecule has 92 valence electrons. The number of amides is 2. The summed E-state index contributed by atoms with van der Waals surface area (Å²) in [6.45, 7) is 4.81. The molecular weight excluding hydrogens is 222 g/mol. The van der Waals surface area contributed by atoms with E-state index < -0.39 is 6.04 Å². The molecule has 17 heavy (non-hydrogen) atoms. The fourth-order valence-corrected chi connectivity index (χ4v) is 2.05. The first-order chi connectivity index (χ1) is 8.11. The van der Waals surface area contributed by atoms with Gasteiger partial charge in [0.15, 0.2) is 5.69 Å². The molecule has 0 saturated carbocycles. The minimum atomic E-state index is -0.437. The van der Waals surface area contributed by atoms with Gasteiger partial charge in [-0.3, -0.25) is 9.59 Å². The number of nitrogens with zero attached hydrogens (tertiary/aromatic N) is 2. The summed E-state index contributed by atoms with van der Waals surface area (Å²) in [6, 6.07) is 1.07. The number of rotatable bonds is 2. The highest BCUT2D eigenvalue weighted by Gasteiger charge is 2.36. The van der Waals surface area contributed by atoms with Crippen molar-refractivity contribution in [2.24, 2.45) is 5.92 Å². The first-order valence-corrected chi connectivity index (χ1v) is 5.60. The van der Waals surface area contributed by atoms with Crippen LogP contribution in [0, 0.1) is 5.92 Å². The van der Waals surface area contributed by atoms with Crippen molar-refractivity contribution in [3.05, 3.63) is 18.0 Å². The Hall–Kier alpha value is -1.85. The van der Waals surface area contributed by atoms with Crippen LogP contribution in [-0.2, 0) is 4.79 Å². The zero-order valence-electron chi connectivity index (χ0n) is 9.84. The molecule has 1 fully saturated rings. The van der Waals surface area contributed by atoms with Crippen LogP contribution in [0.4, 0.5) is 0 Å². The van der Waals surface area contributed by atoms with Gasteiger partial charge in [-0.1, -0.05) is 19.0 Å². The zero-order valence-corrected chi connectivity index (χ0v) is 9.84. The molecule has 6 nitrogen and oxygen atoms in total. The van der Waals surface area contributed by atoms with E-state index in [9.17, 15) is 9.59 Å². The normalized spacial score (nSPS) is 20.5. The molecule has 1 saturated heterocycles. The quantitative estimate of drug-likeness (QED) is 0.801. The molecule has 1 aliphatic heterocycles. The molecule has 0 bridgehead atoms. The minimum Gasteiger partial charge on any atom is -0.364 e. The number of piperazine rings is 1. The number of carbonyl (C=O) groups excluding carboxylic acids is 2. The van der Waals surface area contributed by atoms with Gasteiger partial charge >= 0.3 is 0 Å². The van der Waals surface area contributed by atoms with Gasteiger partial charge < -0.3 is 14.7 Å². The molecule has 0 spiro atoms. The summed E-state index contributed by atoms with van der Waals surface area (Å²) in [7, 11) is 0. The smallest absolute Gasteiger partial charge is 0.276 e. The Morgan fingerprint density at radius 3 is 3.00 bits per heavy atom.